The van der Waals surface area contributed by atoms with Crippen LogP contribution in [0.15, 0.2) is 249 Å². The van der Waals surface area contributed by atoms with Crippen molar-refractivity contribution in [3.8, 4) is 50.4 Å². The second kappa shape index (κ2) is 13.9. The topological polar surface area (TPSA) is 14.8 Å². The Bertz CT molecular complexity index is 4500. The highest BCUT2D eigenvalue weighted by Crippen LogP contribution is 2.66. The molecule has 1 atom stereocenters. The van der Waals surface area contributed by atoms with E-state index in [1.54, 1.807) is 0 Å². The second-order valence-corrected chi connectivity index (χ2v) is 19.1. The van der Waals surface area contributed by atoms with Gasteiger partial charge in [0.2, 0.25) is 0 Å². The maximum Gasteiger partial charge on any atom is 0.0767 e. The van der Waals surface area contributed by atoms with Crippen molar-refractivity contribution in [3.05, 3.63) is 271 Å². The first-order valence-corrected chi connectivity index (χ1v) is 24.4. The highest BCUT2D eigenvalue weighted by Gasteiger charge is 2.54. The van der Waals surface area contributed by atoms with Gasteiger partial charge in [0.25, 0.3) is 0 Å². The van der Waals surface area contributed by atoms with Crippen LogP contribution in [-0.2, 0) is 5.41 Å². The Kier molecular flexibility index (Phi) is 7.54. The molecule has 0 radical (unpaired) electrons. The van der Waals surface area contributed by atoms with Gasteiger partial charge >= 0.3 is 0 Å². The Morgan fingerprint density at radius 1 is 0.243 bits per heavy atom. The van der Waals surface area contributed by atoms with Gasteiger partial charge in [0, 0.05) is 60.5 Å². The lowest BCUT2D eigenvalue weighted by atomic mass is 9.69. The van der Waals surface area contributed by atoms with Crippen LogP contribution in [-0.4, -0.2) is 13.7 Å². The summed E-state index contributed by atoms with van der Waals surface area (Å²) < 4.78 is 7.58. The largest absolute Gasteiger partial charge is 0.309 e. The maximum atomic E-state index is 2.60. The molecule has 0 bridgehead atoms. The highest BCUT2D eigenvalue weighted by molar-refractivity contribution is 6.19. The average Bonchev–Trinajstić information content (AvgIpc) is 4.21. The van der Waals surface area contributed by atoms with Crippen molar-refractivity contribution in [1.29, 1.82) is 0 Å². The van der Waals surface area contributed by atoms with Gasteiger partial charge in [-0.2, -0.15) is 0 Å². The number of benzene rings is 11. The minimum Gasteiger partial charge on any atom is -0.309 e. The van der Waals surface area contributed by atoms with Crippen LogP contribution in [0.5, 0.6) is 0 Å². The van der Waals surface area contributed by atoms with Gasteiger partial charge in [0.05, 0.1) is 38.5 Å². The molecular weight excluding hydrogens is 847 g/mol. The van der Waals surface area contributed by atoms with E-state index in [1.807, 2.05) is 0 Å². The molecule has 1 unspecified atom stereocenters. The average molecular weight is 888 g/mol. The lowest BCUT2D eigenvalue weighted by Crippen LogP contribution is -2.27. The fraction of sp³-hybridized carbons (Fsp3) is 0.0149. The SMILES string of the molecule is c1ccc(-c2ccc3c(c2)c2ccc4c(c2n3-c2ccccc2)C2(c3ccccc3-c3ccc5c6ccccc6n(-c6ccc7c(c6)c6ccccc6n7-c6ccccc6)c5c32)c2ccccc2-4)cc1. The quantitative estimate of drug-likeness (QED) is 0.167. The molecule has 3 heteroatoms. The lowest BCUT2D eigenvalue weighted by Gasteiger charge is -2.32. The first-order chi connectivity index (χ1) is 34.8. The van der Waals surface area contributed by atoms with E-state index in [-0.39, 0.29) is 0 Å². The first kappa shape index (κ1) is 37.9. The molecule has 0 aliphatic heterocycles. The summed E-state index contributed by atoms with van der Waals surface area (Å²) in [6.07, 6.45) is 0. The molecule has 0 amide bonds. The predicted octanol–water partition coefficient (Wildman–Crippen LogP) is 17.0. The summed E-state index contributed by atoms with van der Waals surface area (Å²) in [5, 5.41) is 7.46. The molecule has 0 fully saturated rings. The van der Waals surface area contributed by atoms with Gasteiger partial charge in [0.1, 0.15) is 0 Å². The monoisotopic (exact) mass is 887 g/mol. The highest BCUT2D eigenvalue weighted by atomic mass is 15.0. The Balaban J connectivity index is 1.08. The number of aromatic nitrogens is 3. The summed E-state index contributed by atoms with van der Waals surface area (Å²) in [5.74, 6) is 0. The van der Waals surface area contributed by atoms with Gasteiger partial charge in [-0.05, 0) is 111 Å². The van der Waals surface area contributed by atoms with Crippen LogP contribution in [0.1, 0.15) is 22.3 Å². The summed E-state index contributed by atoms with van der Waals surface area (Å²) in [6, 6.07) is 92.9. The van der Waals surface area contributed by atoms with E-state index >= 15 is 0 Å². The predicted molar refractivity (Wildman–Crippen MR) is 291 cm³/mol. The van der Waals surface area contributed by atoms with E-state index in [2.05, 4.69) is 262 Å². The van der Waals surface area contributed by atoms with Crippen molar-refractivity contribution in [2.45, 2.75) is 5.41 Å². The number of hydrogen-bond donors (Lipinski definition) is 0. The van der Waals surface area contributed by atoms with E-state index in [0.29, 0.717) is 0 Å². The zero-order valence-corrected chi connectivity index (χ0v) is 38.0. The molecule has 3 heterocycles. The number of rotatable bonds is 4. The molecule has 0 N–H and O–H groups in total. The summed E-state index contributed by atoms with van der Waals surface area (Å²) in [4.78, 5) is 0. The number of fused-ring (bicyclic) bond motifs is 21. The van der Waals surface area contributed by atoms with Crippen LogP contribution < -0.4 is 0 Å². The number of nitrogens with zero attached hydrogens (tertiary/aromatic N) is 3. The van der Waals surface area contributed by atoms with Crippen molar-refractivity contribution < 1.29 is 0 Å². The standard InChI is InChI=1S/C67H41N3/c1-4-18-42(19-5-1)43-32-38-62-55(40-43)54-37-35-52-48-25-11-15-29-58(48)67(64(52)66(54)69(62)45-22-8-3-9-23-45)57-28-14-10-24-47(57)51-34-36-53-49-26-12-17-31-60(49)70(65(53)63(51)67)46-33-39-61-56(41-46)50-27-13-16-30-59(50)68(61)44-20-6-2-7-21-44/h1-41H. The molecule has 3 nitrogen and oxygen atoms in total. The summed E-state index contributed by atoms with van der Waals surface area (Å²) in [7, 11) is 0. The summed E-state index contributed by atoms with van der Waals surface area (Å²) >= 11 is 0. The van der Waals surface area contributed by atoms with Crippen molar-refractivity contribution in [2.75, 3.05) is 0 Å². The van der Waals surface area contributed by atoms with Crippen molar-refractivity contribution >= 4 is 65.4 Å². The molecular formula is C67H41N3. The molecule has 324 valence electrons. The second-order valence-electron chi connectivity index (χ2n) is 19.1. The van der Waals surface area contributed by atoms with Gasteiger partial charge < -0.3 is 13.7 Å². The number of hydrogen-bond acceptors (Lipinski definition) is 0. The number of para-hydroxylation sites is 4. The van der Waals surface area contributed by atoms with Gasteiger partial charge in [-0.15, -0.1) is 0 Å². The smallest absolute Gasteiger partial charge is 0.0767 e. The van der Waals surface area contributed by atoms with Gasteiger partial charge in [-0.25, -0.2) is 0 Å². The zero-order valence-electron chi connectivity index (χ0n) is 38.0. The third-order valence-electron chi connectivity index (χ3n) is 15.8. The first-order valence-electron chi connectivity index (χ1n) is 24.4. The minimum absolute atomic E-state index is 0.681. The zero-order chi connectivity index (χ0) is 45.7. The molecule has 14 aromatic rings. The van der Waals surface area contributed by atoms with Gasteiger partial charge in [0.15, 0.2) is 0 Å². The maximum absolute atomic E-state index is 2.60. The molecule has 70 heavy (non-hydrogen) atoms. The molecule has 1 spiro atoms. The van der Waals surface area contributed by atoms with Crippen LogP contribution in [0.3, 0.4) is 0 Å². The lowest BCUT2D eigenvalue weighted by molar-refractivity contribution is 0.800. The van der Waals surface area contributed by atoms with E-state index in [1.165, 1.54) is 121 Å². The Labute approximate surface area is 404 Å². The van der Waals surface area contributed by atoms with Crippen LogP contribution in [0, 0.1) is 0 Å². The van der Waals surface area contributed by atoms with E-state index in [4.69, 9.17) is 0 Å². The Morgan fingerprint density at radius 2 is 0.686 bits per heavy atom. The van der Waals surface area contributed by atoms with E-state index in [0.717, 1.165) is 17.1 Å². The summed E-state index contributed by atoms with van der Waals surface area (Å²) in [5.41, 5.74) is 22.9. The van der Waals surface area contributed by atoms with Crippen LogP contribution in [0.2, 0.25) is 0 Å². The van der Waals surface area contributed by atoms with Crippen LogP contribution in [0.4, 0.5) is 0 Å². The fourth-order valence-electron chi connectivity index (χ4n) is 13.2. The molecule has 11 aromatic carbocycles. The molecule has 2 aliphatic carbocycles. The molecule has 2 aliphatic rings. The summed E-state index contributed by atoms with van der Waals surface area (Å²) in [6.45, 7) is 0. The van der Waals surface area contributed by atoms with Gasteiger partial charge in [-0.1, -0.05) is 182 Å². The van der Waals surface area contributed by atoms with Crippen LogP contribution in [0.25, 0.3) is 116 Å². The fourth-order valence-corrected chi connectivity index (χ4v) is 13.2. The van der Waals surface area contributed by atoms with Crippen LogP contribution >= 0.6 is 0 Å². The molecule has 0 saturated carbocycles. The normalized spacial score (nSPS) is 14.6. The third kappa shape index (κ3) is 4.78. The Morgan fingerprint density at radius 3 is 1.33 bits per heavy atom. The third-order valence-corrected chi connectivity index (χ3v) is 15.8. The molecule has 0 saturated heterocycles. The minimum atomic E-state index is -0.681. The van der Waals surface area contributed by atoms with Crippen molar-refractivity contribution in [3.63, 3.8) is 0 Å². The molecule has 3 aromatic heterocycles. The van der Waals surface area contributed by atoms with Crippen molar-refractivity contribution in [1.82, 2.24) is 13.7 Å². The van der Waals surface area contributed by atoms with Crippen molar-refractivity contribution in [2.24, 2.45) is 0 Å². The Hall–Kier alpha value is -9.18. The molecule has 16 rings (SSSR count). The van der Waals surface area contributed by atoms with E-state index < -0.39 is 5.41 Å². The van der Waals surface area contributed by atoms with E-state index in [9.17, 15) is 0 Å². The van der Waals surface area contributed by atoms with Gasteiger partial charge in [-0.3, -0.25) is 0 Å².